The maximum absolute atomic E-state index is 13.2. The number of fused-ring (bicyclic) bond motifs is 6. The highest BCUT2D eigenvalue weighted by Crippen LogP contribution is 2.42. The van der Waals surface area contributed by atoms with E-state index in [-0.39, 0.29) is 18.0 Å². The van der Waals surface area contributed by atoms with E-state index in [4.69, 9.17) is 4.52 Å². The molecule has 0 bridgehead atoms. The van der Waals surface area contributed by atoms with Crippen molar-refractivity contribution in [2.75, 3.05) is 10.0 Å². The lowest BCUT2D eigenvalue weighted by Crippen LogP contribution is -2.42. The molecule has 0 N–H and O–H groups in total. The van der Waals surface area contributed by atoms with Crippen LogP contribution in [0.2, 0.25) is 0 Å². The number of nitrogens with zero attached hydrogens (tertiary/aromatic N) is 7. The summed E-state index contributed by atoms with van der Waals surface area (Å²) in [6, 6.07) is 14.2. The van der Waals surface area contributed by atoms with Crippen LogP contribution < -0.4 is 10.0 Å². The number of hydrazine groups is 1. The van der Waals surface area contributed by atoms with Gasteiger partial charge in [-0.15, -0.1) is 0 Å². The molecule has 0 aliphatic carbocycles. The summed E-state index contributed by atoms with van der Waals surface area (Å²) in [6.45, 7) is 0. The monoisotopic (exact) mass is 373 g/mol. The van der Waals surface area contributed by atoms with Gasteiger partial charge < -0.3 is 4.52 Å². The van der Waals surface area contributed by atoms with E-state index in [9.17, 15) is 4.39 Å². The Morgan fingerprint density at radius 1 is 1.04 bits per heavy atom. The third-order valence-corrected chi connectivity index (χ3v) is 4.82. The fourth-order valence-corrected chi connectivity index (χ4v) is 3.55. The van der Waals surface area contributed by atoms with Crippen LogP contribution >= 0.6 is 0 Å². The molecule has 28 heavy (non-hydrogen) atoms. The first-order valence-electron chi connectivity index (χ1n) is 8.62. The SMILES string of the molecule is Fc1ccc(-c2noc(N3C=NC4c5ccccc5-n5cncc5N43)n2)cc1. The number of benzene rings is 2. The van der Waals surface area contributed by atoms with Crippen molar-refractivity contribution in [2.45, 2.75) is 6.17 Å². The molecule has 2 aliphatic heterocycles. The Morgan fingerprint density at radius 2 is 1.89 bits per heavy atom. The van der Waals surface area contributed by atoms with Crippen molar-refractivity contribution in [2.24, 2.45) is 4.99 Å². The number of anilines is 2. The van der Waals surface area contributed by atoms with Gasteiger partial charge in [-0.05, 0) is 30.3 Å². The summed E-state index contributed by atoms with van der Waals surface area (Å²) in [5.41, 5.74) is 2.75. The third-order valence-electron chi connectivity index (χ3n) is 4.82. The highest BCUT2D eigenvalue weighted by molar-refractivity contribution is 5.85. The standard InChI is InChI=1S/C19H12FN7O/c20-13-7-5-12(6-8-13)17-23-19(28-24-17)26-11-22-18-14-3-1-2-4-15(14)25-10-21-9-16(25)27(18)26/h1-11,18H. The van der Waals surface area contributed by atoms with E-state index in [0.29, 0.717) is 11.4 Å². The van der Waals surface area contributed by atoms with Gasteiger partial charge in [-0.25, -0.2) is 19.4 Å². The first-order valence-corrected chi connectivity index (χ1v) is 8.62. The lowest BCUT2D eigenvalue weighted by atomic mass is 10.1. The molecular weight excluding hydrogens is 361 g/mol. The zero-order valence-electron chi connectivity index (χ0n) is 14.3. The molecule has 4 heterocycles. The van der Waals surface area contributed by atoms with Crippen molar-refractivity contribution in [3.05, 3.63) is 72.4 Å². The molecule has 1 atom stereocenters. The Hall–Kier alpha value is -4.01. The van der Waals surface area contributed by atoms with Gasteiger partial charge in [-0.1, -0.05) is 23.4 Å². The second-order valence-electron chi connectivity index (χ2n) is 6.42. The number of hydrogen-bond acceptors (Lipinski definition) is 7. The summed E-state index contributed by atoms with van der Waals surface area (Å²) in [7, 11) is 0. The second kappa shape index (κ2) is 5.49. The van der Waals surface area contributed by atoms with Gasteiger partial charge in [0.1, 0.15) is 18.5 Å². The normalized spacial score (nSPS) is 16.8. The molecule has 4 aromatic rings. The molecule has 2 aromatic heterocycles. The van der Waals surface area contributed by atoms with Crippen molar-refractivity contribution in [1.82, 2.24) is 19.7 Å². The van der Waals surface area contributed by atoms with Gasteiger partial charge >= 0.3 is 6.01 Å². The summed E-state index contributed by atoms with van der Waals surface area (Å²) in [4.78, 5) is 13.4. The number of halogens is 1. The summed E-state index contributed by atoms with van der Waals surface area (Å²) in [5, 5.41) is 7.67. The summed E-state index contributed by atoms with van der Waals surface area (Å²) < 4.78 is 20.6. The molecule has 0 saturated heterocycles. The van der Waals surface area contributed by atoms with Gasteiger partial charge in [0, 0.05) is 11.1 Å². The number of para-hydroxylation sites is 1. The lowest BCUT2D eigenvalue weighted by Gasteiger charge is -2.35. The number of imidazole rings is 1. The fourth-order valence-electron chi connectivity index (χ4n) is 3.55. The maximum Gasteiger partial charge on any atom is 0.349 e. The van der Waals surface area contributed by atoms with Crippen molar-refractivity contribution >= 4 is 18.2 Å². The zero-order chi connectivity index (χ0) is 18.7. The van der Waals surface area contributed by atoms with Crippen LogP contribution in [0.5, 0.6) is 0 Å². The Labute approximate surface area is 158 Å². The molecule has 0 fully saturated rings. The Morgan fingerprint density at radius 3 is 2.79 bits per heavy atom. The van der Waals surface area contributed by atoms with E-state index in [2.05, 4.69) is 20.1 Å². The summed E-state index contributed by atoms with van der Waals surface area (Å²) >= 11 is 0. The molecule has 0 radical (unpaired) electrons. The van der Waals surface area contributed by atoms with Crippen LogP contribution in [0.3, 0.4) is 0 Å². The predicted molar refractivity (Wildman–Crippen MR) is 99.4 cm³/mol. The highest BCUT2D eigenvalue weighted by Gasteiger charge is 2.40. The largest absolute Gasteiger partial charge is 0.349 e. The third kappa shape index (κ3) is 2.04. The summed E-state index contributed by atoms with van der Waals surface area (Å²) in [5.74, 6) is 0.891. The average Bonchev–Trinajstić information content (AvgIpc) is 3.46. The van der Waals surface area contributed by atoms with Crippen LogP contribution in [-0.4, -0.2) is 26.0 Å². The molecule has 6 rings (SSSR count). The highest BCUT2D eigenvalue weighted by atomic mass is 19.1. The fraction of sp³-hybridized carbons (Fsp3) is 0.0526. The van der Waals surface area contributed by atoms with Crippen LogP contribution in [0.15, 0.2) is 70.6 Å². The van der Waals surface area contributed by atoms with Gasteiger partial charge in [0.25, 0.3) is 0 Å². The maximum atomic E-state index is 13.2. The average molecular weight is 373 g/mol. The molecule has 2 aromatic carbocycles. The minimum Gasteiger partial charge on any atom is -0.313 e. The smallest absolute Gasteiger partial charge is 0.313 e. The second-order valence-corrected chi connectivity index (χ2v) is 6.42. The molecule has 2 aliphatic rings. The van der Waals surface area contributed by atoms with Crippen molar-refractivity contribution < 1.29 is 8.91 Å². The molecule has 9 heteroatoms. The van der Waals surface area contributed by atoms with Gasteiger partial charge in [0.2, 0.25) is 5.82 Å². The first-order chi connectivity index (χ1) is 13.8. The molecule has 0 saturated carbocycles. The molecule has 8 nitrogen and oxygen atoms in total. The minimum atomic E-state index is -0.317. The topological polar surface area (TPSA) is 75.6 Å². The molecule has 136 valence electrons. The van der Waals surface area contributed by atoms with Crippen molar-refractivity contribution in [3.63, 3.8) is 0 Å². The van der Waals surface area contributed by atoms with Crippen molar-refractivity contribution in [3.8, 4) is 17.1 Å². The molecule has 0 spiro atoms. The van der Waals surface area contributed by atoms with E-state index < -0.39 is 0 Å². The molecule has 1 unspecified atom stereocenters. The Kier molecular flexibility index (Phi) is 2.96. The van der Waals surface area contributed by atoms with Gasteiger partial charge in [-0.3, -0.25) is 4.57 Å². The van der Waals surface area contributed by atoms with E-state index in [1.54, 1.807) is 36.0 Å². The van der Waals surface area contributed by atoms with Crippen LogP contribution in [-0.2, 0) is 0 Å². The van der Waals surface area contributed by atoms with E-state index >= 15 is 0 Å². The minimum absolute atomic E-state index is 0.249. The zero-order valence-corrected chi connectivity index (χ0v) is 14.3. The van der Waals surface area contributed by atoms with Crippen molar-refractivity contribution in [1.29, 1.82) is 0 Å². The van der Waals surface area contributed by atoms with E-state index in [0.717, 1.165) is 17.1 Å². The van der Waals surface area contributed by atoms with Gasteiger partial charge in [0.05, 0.1) is 11.9 Å². The van der Waals surface area contributed by atoms with E-state index in [1.165, 1.54) is 12.1 Å². The molecule has 0 amide bonds. The quantitative estimate of drug-likeness (QED) is 0.536. The molecular formula is C19H12FN7O. The lowest BCUT2D eigenvalue weighted by molar-refractivity contribution is 0.420. The predicted octanol–water partition coefficient (Wildman–Crippen LogP) is 3.34. The number of rotatable bonds is 2. The Balaban J connectivity index is 1.42. The number of aromatic nitrogens is 4. The van der Waals surface area contributed by atoms with Crippen LogP contribution in [0, 0.1) is 5.82 Å². The van der Waals surface area contributed by atoms with Gasteiger partial charge in [0.15, 0.2) is 12.0 Å². The Bertz CT molecular complexity index is 1210. The summed E-state index contributed by atoms with van der Waals surface area (Å²) in [6.07, 6.45) is 4.94. The van der Waals surface area contributed by atoms with Crippen LogP contribution in [0.4, 0.5) is 16.2 Å². The van der Waals surface area contributed by atoms with E-state index in [1.807, 2.05) is 33.8 Å². The van der Waals surface area contributed by atoms with Crippen LogP contribution in [0.25, 0.3) is 17.1 Å². The first kappa shape index (κ1) is 15.1. The number of hydrogen-bond donors (Lipinski definition) is 0. The van der Waals surface area contributed by atoms with Crippen LogP contribution in [0.1, 0.15) is 11.7 Å². The van der Waals surface area contributed by atoms with Gasteiger partial charge in [-0.2, -0.15) is 9.99 Å². The number of aliphatic imine (C=N–C) groups is 1.